The number of anilines is 3. The normalized spacial score (nSPS) is 21.1. The second-order valence-electron chi connectivity index (χ2n) is 8.09. The van der Waals surface area contributed by atoms with Crippen LogP contribution in [0.1, 0.15) is 24.0 Å². The van der Waals surface area contributed by atoms with Crippen molar-refractivity contribution in [2.75, 3.05) is 47.8 Å². The molecule has 0 bridgehead atoms. The van der Waals surface area contributed by atoms with E-state index in [-0.39, 0.29) is 17.5 Å². The van der Waals surface area contributed by atoms with E-state index >= 15 is 0 Å². The predicted molar refractivity (Wildman–Crippen MR) is 112 cm³/mol. The number of hydrogen-bond donors (Lipinski definition) is 1. The van der Waals surface area contributed by atoms with E-state index in [9.17, 15) is 9.18 Å². The molecule has 1 amide bonds. The molecule has 5 rings (SSSR count). The Kier molecular flexibility index (Phi) is 4.75. The molecule has 3 aliphatic rings. The van der Waals surface area contributed by atoms with E-state index < -0.39 is 5.82 Å². The van der Waals surface area contributed by atoms with Crippen LogP contribution in [0.2, 0.25) is 0 Å². The van der Waals surface area contributed by atoms with Crippen LogP contribution in [0, 0.1) is 17.1 Å². The molecule has 1 aromatic heterocycles. The third-order valence-corrected chi connectivity index (χ3v) is 6.23. The molecule has 2 aromatic rings. The Morgan fingerprint density at radius 2 is 2.03 bits per heavy atom. The fourth-order valence-corrected chi connectivity index (χ4v) is 4.63. The summed E-state index contributed by atoms with van der Waals surface area (Å²) in [5.74, 6) is 0.482. The zero-order valence-electron chi connectivity index (χ0n) is 16.6. The van der Waals surface area contributed by atoms with Gasteiger partial charge in [0.05, 0.1) is 11.3 Å². The molecule has 1 aromatic carbocycles. The highest BCUT2D eigenvalue weighted by molar-refractivity contribution is 6.03. The van der Waals surface area contributed by atoms with Gasteiger partial charge in [-0.15, -0.1) is 0 Å². The molecule has 0 radical (unpaired) electrons. The molecule has 30 heavy (non-hydrogen) atoms. The standard InChI is InChI=1S/C22H23FN6O/c23-18-11-17(4-3-16(18)12-24)28-8-6-27(7-9-28)14-15-10-19-21(25-13-15)29-5-1-2-20(29)22(30)26-19/h3-4,10-11,13,20H,1-2,5-9,14H2,(H,26,30). The van der Waals surface area contributed by atoms with Crippen molar-refractivity contribution in [3.63, 3.8) is 0 Å². The van der Waals surface area contributed by atoms with Gasteiger partial charge in [-0.05, 0) is 42.7 Å². The first-order chi connectivity index (χ1) is 14.6. The first-order valence-electron chi connectivity index (χ1n) is 10.4. The number of halogens is 1. The van der Waals surface area contributed by atoms with Crippen LogP contribution in [0.3, 0.4) is 0 Å². The van der Waals surface area contributed by atoms with E-state index in [1.165, 1.54) is 12.1 Å². The summed E-state index contributed by atoms with van der Waals surface area (Å²) in [5, 5.41) is 11.9. The first kappa shape index (κ1) is 18.8. The summed E-state index contributed by atoms with van der Waals surface area (Å²) < 4.78 is 13.9. The quantitative estimate of drug-likeness (QED) is 0.843. The highest BCUT2D eigenvalue weighted by atomic mass is 19.1. The van der Waals surface area contributed by atoms with Crippen molar-refractivity contribution in [1.82, 2.24) is 9.88 Å². The van der Waals surface area contributed by atoms with Gasteiger partial charge in [0.1, 0.15) is 17.9 Å². The van der Waals surface area contributed by atoms with E-state index in [0.717, 1.165) is 74.9 Å². The average Bonchev–Trinajstić information content (AvgIpc) is 3.25. The van der Waals surface area contributed by atoms with Gasteiger partial charge in [-0.25, -0.2) is 9.37 Å². The minimum atomic E-state index is -0.472. The molecule has 1 atom stereocenters. The molecule has 1 N–H and O–H groups in total. The number of nitrogens with zero attached hydrogens (tertiary/aromatic N) is 5. The van der Waals surface area contributed by atoms with Gasteiger partial charge >= 0.3 is 0 Å². The molecule has 0 spiro atoms. The number of piperazine rings is 1. The number of hydrogen-bond acceptors (Lipinski definition) is 6. The molecule has 2 saturated heterocycles. The molecule has 1 unspecified atom stereocenters. The van der Waals surface area contributed by atoms with Crippen molar-refractivity contribution in [1.29, 1.82) is 5.26 Å². The average molecular weight is 406 g/mol. The number of amides is 1. The van der Waals surface area contributed by atoms with Crippen molar-refractivity contribution in [3.05, 3.63) is 47.4 Å². The number of fused-ring (bicyclic) bond motifs is 3. The van der Waals surface area contributed by atoms with Gasteiger partial charge in [-0.3, -0.25) is 9.69 Å². The minimum absolute atomic E-state index is 0.0715. The summed E-state index contributed by atoms with van der Waals surface area (Å²) >= 11 is 0. The van der Waals surface area contributed by atoms with Crippen molar-refractivity contribution >= 4 is 23.1 Å². The van der Waals surface area contributed by atoms with Gasteiger partial charge in [0.25, 0.3) is 0 Å². The van der Waals surface area contributed by atoms with Crippen molar-refractivity contribution < 1.29 is 9.18 Å². The van der Waals surface area contributed by atoms with Crippen LogP contribution in [0.5, 0.6) is 0 Å². The first-order valence-corrected chi connectivity index (χ1v) is 10.4. The SMILES string of the molecule is N#Cc1ccc(N2CCN(Cc3cnc4c(c3)NC(=O)C3CCCN43)CC2)cc1F. The molecular weight excluding hydrogens is 383 g/mol. The highest BCUT2D eigenvalue weighted by Crippen LogP contribution is 2.35. The van der Waals surface area contributed by atoms with Crippen LogP contribution in [-0.4, -0.2) is 54.6 Å². The lowest BCUT2D eigenvalue weighted by Gasteiger charge is -2.36. The van der Waals surface area contributed by atoms with Crippen LogP contribution < -0.4 is 15.1 Å². The Hall–Kier alpha value is -3.18. The molecule has 8 heteroatoms. The maximum Gasteiger partial charge on any atom is 0.247 e. The summed E-state index contributed by atoms with van der Waals surface area (Å²) in [6.07, 6.45) is 3.82. The predicted octanol–water partition coefficient (Wildman–Crippen LogP) is 2.34. The number of nitrogens with one attached hydrogen (secondary N) is 1. The number of benzene rings is 1. The van der Waals surface area contributed by atoms with Crippen molar-refractivity contribution in [2.45, 2.75) is 25.4 Å². The summed E-state index contributed by atoms with van der Waals surface area (Å²) in [6, 6.07) is 8.61. The summed E-state index contributed by atoms with van der Waals surface area (Å²) in [6.45, 7) is 4.91. The van der Waals surface area contributed by atoms with Gasteiger partial charge in [-0.1, -0.05) is 0 Å². The lowest BCUT2D eigenvalue weighted by Crippen LogP contribution is -2.46. The Labute approximate surface area is 174 Å². The highest BCUT2D eigenvalue weighted by Gasteiger charge is 2.37. The molecule has 0 saturated carbocycles. The number of carbonyl (C=O) groups excluding carboxylic acids is 1. The Balaban J connectivity index is 1.23. The number of pyridine rings is 1. The van der Waals surface area contributed by atoms with E-state index in [0.29, 0.717) is 0 Å². The zero-order chi connectivity index (χ0) is 20.7. The number of carbonyl (C=O) groups is 1. The topological polar surface area (TPSA) is 75.5 Å². The summed E-state index contributed by atoms with van der Waals surface area (Å²) in [7, 11) is 0. The van der Waals surface area contributed by atoms with E-state index in [1.807, 2.05) is 18.3 Å². The maximum atomic E-state index is 13.9. The van der Waals surface area contributed by atoms with Gasteiger partial charge in [0, 0.05) is 51.2 Å². The monoisotopic (exact) mass is 406 g/mol. The van der Waals surface area contributed by atoms with Gasteiger partial charge in [0.2, 0.25) is 5.91 Å². The second-order valence-corrected chi connectivity index (χ2v) is 8.09. The Morgan fingerprint density at radius 1 is 1.20 bits per heavy atom. The van der Waals surface area contributed by atoms with Crippen LogP contribution in [0.15, 0.2) is 30.5 Å². The zero-order valence-corrected chi connectivity index (χ0v) is 16.6. The third-order valence-electron chi connectivity index (χ3n) is 6.23. The van der Waals surface area contributed by atoms with Crippen LogP contribution >= 0.6 is 0 Å². The number of nitriles is 1. The number of aromatic nitrogens is 1. The molecule has 4 heterocycles. The van der Waals surface area contributed by atoms with E-state index in [2.05, 4.69) is 25.0 Å². The Bertz CT molecular complexity index is 1030. The largest absolute Gasteiger partial charge is 0.369 e. The van der Waals surface area contributed by atoms with Gasteiger partial charge in [0.15, 0.2) is 5.82 Å². The summed E-state index contributed by atoms with van der Waals surface area (Å²) in [5.41, 5.74) is 2.76. The fraction of sp³-hybridized carbons (Fsp3) is 0.409. The molecule has 154 valence electrons. The molecule has 2 fully saturated rings. The minimum Gasteiger partial charge on any atom is -0.369 e. The van der Waals surface area contributed by atoms with E-state index in [4.69, 9.17) is 5.26 Å². The molecule has 7 nitrogen and oxygen atoms in total. The van der Waals surface area contributed by atoms with Crippen LogP contribution in [-0.2, 0) is 11.3 Å². The van der Waals surface area contributed by atoms with Crippen LogP contribution in [0.25, 0.3) is 0 Å². The molecular formula is C22H23FN6O. The van der Waals surface area contributed by atoms with E-state index in [1.54, 1.807) is 6.07 Å². The third kappa shape index (κ3) is 3.35. The van der Waals surface area contributed by atoms with Crippen molar-refractivity contribution in [3.8, 4) is 6.07 Å². The smallest absolute Gasteiger partial charge is 0.247 e. The molecule has 3 aliphatic heterocycles. The molecule has 0 aliphatic carbocycles. The number of rotatable bonds is 3. The lowest BCUT2D eigenvalue weighted by molar-refractivity contribution is -0.117. The lowest BCUT2D eigenvalue weighted by atomic mass is 10.1. The maximum absolute atomic E-state index is 13.9. The van der Waals surface area contributed by atoms with Gasteiger partial charge in [-0.2, -0.15) is 5.26 Å². The van der Waals surface area contributed by atoms with Gasteiger partial charge < -0.3 is 15.1 Å². The van der Waals surface area contributed by atoms with Crippen LogP contribution in [0.4, 0.5) is 21.6 Å². The summed E-state index contributed by atoms with van der Waals surface area (Å²) in [4.78, 5) is 23.6. The Morgan fingerprint density at radius 3 is 2.80 bits per heavy atom. The fourth-order valence-electron chi connectivity index (χ4n) is 4.63. The second kappa shape index (κ2) is 7.58. The van der Waals surface area contributed by atoms with Crippen molar-refractivity contribution in [2.24, 2.45) is 0 Å².